The van der Waals surface area contributed by atoms with Crippen LogP contribution >= 0.6 is 0 Å². The lowest BCUT2D eigenvalue weighted by Gasteiger charge is -2.11. The first-order chi connectivity index (χ1) is 8.70. The third-order valence-electron chi connectivity index (χ3n) is 2.89. The van der Waals surface area contributed by atoms with E-state index in [1.807, 2.05) is 19.1 Å². The average Bonchev–Trinajstić information content (AvgIpc) is 3.15. The number of carbonyl (C=O) groups excluding carboxylic acids is 2. The summed E-state index contributed by atoms with van der Waals surface area (Å²) in [4.78, 5) is 22.3. The molecule has 0 aliphatic heterocycles. The molecule has 96 valence electrons. The van der Waals surface area contributed by atoms with Crippen molar-refractivity contribution in [1.29, 1.82) is 0 Å². The van der Waals surface area contributed by atoms with E-state index in [1.54, 1.807) is 6.07 Å². The highest BCUT2D eigenvalue weighted by atomic mass is 16.5. The van der Waals surface area contributed by atoms with Gasteiger partial charge in [-0.25, -0.2) is 0 Å². The van der Waals surface area contributed by atoms with Crippen LogP contribution in [0.5, 0.6) is 5.75 Å². The summed E-state index contributed by atoms with van der Waals surface area (Å²) in [6, 6.07) is 5.78. The van der Waals surface area contributed by atoms with Crippen LogP contribution < -0.4 is 10.1 Å². The Balaban J connectivity index is 1.85. The van der Waals surface area contributed by atoms with Gasteiger partial charge in [0.25, 0.3) is 0 Å². The van der Waals surface area contributed by atoms with Gasteiger partial charge in [0.1, 0.15) is 5.75 Å². The summed E-state index contributed by atoms with van der Waals surface area (Å²) in [5.74, 6) is 0.588. The lowest BCUT2D eigenvalue weighted by atomic mass is 10.1. The Morgan fingerprint density at radius 1 is 1.50 bits per heavy atom. The summed E-state index contributed by atoms with van der Waals surface area (Å²) in [5, 5.41) is 2.89. The molecule has 0 aromatic heterocycles. The van der Waals surface area contributed by atoms with Crippen molar-refractivity contribution in [3.8, 4) is 5.75 Å². The van der Waals surface area contributed by atoms with E-state index in [2.05, 4.69) is 5.32 Å². The largest absolute Gasteiger partial charge is 0.492 e. The van der Waals surface area contributed by atoms with Crippen LogP contribution in [0, 0.1) is 6.92 Å². The number of aldehydes is 1. The molecule has 4 heteroatoms. The zero-order valence-corrected chi connectivity index (χ0v) is 10.4. The number of ether oxygens (including phenoxy) is 1. The van der Waals surface area contributed by atoms with Gasteiger partial charge in [0.2, 0.25) is 5.91 Å². The SMILES string of the molecule is Cc1cccc(C=O)c1OCCC(=O)NC1CC1. The first-order valence-electron chi connectivity index (χ1n) is 6.17. The summed E-state index contributed by atoms with van der Waals surface area (Å²) in [6.45, 7) is 2.18. The number of amides is 1. The Hall–Kier alpha value is -1.84. The summed E-state index contributed by atoms with van der Waals surface area (Å²) in [7, 11) is 0. The minimum absolute atomic E-state index is 0.0127. The molecule has 1 fully saturated rings. The fourth-order valence-corrected chi connectivity index (χ4v) is 1.74. The van der Waals surface area contributed by atoms with Gasteiger partial charge in [0, 0.05) is 6.04 Å². The van der Waals surface area contributed by atoms with E-state index >= 15 is 0 Å². The zero-order chi connectivity index (χ0) is 13.0. The van der Waals surface area contributed by atoms with E-state index in [0.717, 1.165) is 24.7 Å². The summed E-state index contributed by atoms with van der Waals surface area (Å²) in [6.07, 6.45) is 3.26. The molecule has 1 N–H and O–H groups in total. The quantitative estimate of drug-likeness (QED) is 0.780. The molecule has 18 heavy (non-hydrogen) atoms. The van der Waals surface area contributed by atoms with Crippen molar-refractivity contribution in [2.45, 2.75) is 32.2 Å². The number of hydrogen-bond donors (Lipinski definition) is 1. The van der Waals surface area contributed by atoms with Gasteiger partial charge in [0.05, 0.1) is 18.6 Å². The second-order valence-corrected chi connectivity index (χ2v) is 4.55. The molecule has 0 bridgehead atoms. The van der Waals surface area contributed by atoms with Crippen LogP contribution in [0.15, 0.2) is 18.2 Å². The molecule has 0 atom stereocenters. The van der Waals surface area contributed by atoms with Crippen molar-refractivity contribution in [3.05, 3.63) is 29.3 Å². The first kappa shape index (κ1) is 12.6. The summed E-state index contributed by atoms with van der Waals surface area (Å²) >= 11 is 0. The third kappa shape index (κ3) is 3.32. The van der Waals surface area contributed by atoms with Gasteiger partial charge in [-0.05, 0) is 31.4 Å². The topological polar surface area (TPSA) is 55.4 Å². The van der Waals surface area contributed by atoms with Crippen molar-refractivity contribution < 1.29 is 14.3 Å². The van der Waals surface area contributed by atoms with Crippen LogP contribution in [0.1, 0.15) is 35.2 Å². The monoisotopic (exact) mass is 247 g/mol. The highest BCUT2D eigenvalue weighted by molar-refractivity contribution is 5.80. The molecule has 1 saturated carbocycles. The first-order valence-corrected chi connectivity index (χ1v) is 6.17. The maximum atomic E-state index is 11.5. The molecule has 1 aromatic carbocycles. The number of para-hydroxylation sites is 1. The maximum Gasteiger partial charge on any atom is 0.223 e. The molecule has 4 nitrogen and oxygen atoms in total. The van der Waals surface area contributed by atoms with Gasteiger partial charge in [-0.15, -0.1) is 0 Å². The Morgan fingerprint density at radius 3 is 2.94 bits per heavy atom. The second-order valence-electron chi connectivity index (χ2n) is 4.55. The van der Waals surface area contributed by atoms with Gasteiger partial charge in [0.15, 0.2) is 6.29 Å². The molecule has 0 heterocycles. The van der Waals surface area contributed by atoms with E-state index in [1.165, 1.54) is 0 Å². The van der Waals surface area contributed by atoms with Gasteiger partial charge in [-0.2, -0.15) is 0 Å². The van der Waals surface area contributed by atoms with Crippen LogP contribution in [0.3, 0.4) is 0 Å². The minimum atomic E-state index is 0.0127. The van der Waals surface area contributed by atoms with Crippen LogP contribution in [0.2, 0.25) is 0 Å². The van der Waals surface area contributed by atoms with E-state index < -0.39 is 0 Å². The van der Waals surface area contributed by atoms with Crippen LogP contribution in [-0.2, 0) is 4.79 Å². The van der Waals surface area contributed by atoms with Crippen molar-refractivity contribution in [1.82, 2.24) is 5.32 Å². The maximum absolute atomic E-state index is 11.5. The van der Waals surface area contributed by atoms with E-state index in [9.17, 15) is 9.59 Å². The van der Waals surface area contributed by atoms with E-state index in [4.69, 9.17) is 4.74 Å². The lowest BCUT2D eigenvalue weighted by molar-refractivity contribution is -0.121. The molecule has 1 aromatic rings. The number of carbonyl (C=O) groups is 2. The molecule has 0 unspecified atom stereocenters. The smallest absolute Gasteiger partial charge is 0.223 e. The van der Waals surface area contributed by atoms with Crippen molar-refractivity contribution in [3.63, 3.8) is 0 Å². The van der Waals surface area contributed by atoms with Gasteiger partial charge in [-0.3, -0.25) is 9.59 Å². The van der Waals surface area contributed by atoms with E-state index in [-0.39, 0.29) is 5.91 Å². The Kier molecular flexibility index (Phi) is 3.97. The standard InChI is InChI=1S/C14H17NO3/c1-10-3-2-4-11(9-16)14(10)18-8-7-13(17)15-12-5-6-12/h2-4,9,12H,5-8H2,1H3,(H,15,17). The van der Waals surface area contributed by atoms with Crippen LogP contribution in [0.4, 0.5) is 0 Å². The molecule has 2 rings (SSSR count). The Labute approximate surface area is 106 Å². The minimum Gasteiger partial charge on any atom is -0.492 e. The summed E-state index contributed by atoms with van der Waals surface area (Å²) in [5.41, 5.74) is 1.43. The molecular weight excluding hydrogens is 230 g/mol. The normalized spacial score (nSPS) is 14.1. The number of hydrogen-bond acceptors (Lipinski definition) is 3. The molecule has 1 aliphatic carbocycles. The van der Waals surface area contributed by atoms with Crippen molar-refractivity contribution in [2.75, 3.05) is 6.61 Å². The molecule has 1 aliphatic rings. The highest BCUT2D eigenvalue weighted by Gasteiger charge is 2.22. The van der Waals surface area contributed by atoms with Crippen LogP contribution in [0.25, 0.3) is 0 Å². The Bertz CT molecular complexity index is 452. The molecule has 0 saturated heterocycles. The molecule has 0 spiro atoms. The number of rotatable bonds is 6. The van der Waals surface area contributed by atoms with Crippen molar-refractivity contribution in [2.24, 2.45) is 0 Å². The van der Waals surface area contributed by atoms with E-state index in [0.29, 0.717) is 30.4 Å². The average molecular weight is 247 g/mol. The summed E-state index contributed by atoms with van der Waals surface area (Å²) < 4.78 is 5.54. The van der Waals surface area contributed by atoms with Gasteiger partial charge < -0.3 is 10.1 Å². The number of aryl methyl sites for hydroxylation is 1. The second kappa shape index (κ2) is 5.67. The highest BCUT2D eigenvalue weighted by Crippen LogP contribution is 2.22. The fraction of sp³-hybridized carbons (Fsp3) is 0.429. The predicted molar refractivity (Wildman–Crippen MR) is 67.8 cm³/mol. The number of benzene rings is 1. The molecule has 0 radical (unpaired) electrons. The Morgan fingerprint density at radius 2 is 2.28 bits per heavy atom. The van der Waals surface area contributed by atoms with Crippen LogP contribution in [-0.4, -0.2) is 24.8 Å². The third-order valence-corrected chi connectivity index (χ3v) is 2.89. The fourth-order valence-electron chi connectivity index (χ4n) is 1.74. The number of nitrogens with one attached hydrogen (secondary N) is 1. The molecular formula is C14H17NO3. The zero-order valence-electron chi connectivity index (χ0n) is 10.4. The molecule has 1 amide bonds. The van der Waals surface area contributed by atoms with Gasteiger partial charge >= 0.3 is 0 Å². The lowest BCUT2D eigenvalue weighted by Crippen LogP contribution is -2.26. The predicted octanol–water partition coefficient (Wildman–Crippen LogP) is 1.86. The van der Waals surface area contributed by atoms with Gasteiger partial charge in [-0.1, -0.05) is 12.1 Å². The van der Waals surface area contributed by atoms with Crippen molar-refractivity contribution >= 4 is 12.2 Å².